The van der Waals surface area contributed by atoms with Gasteiger partial charge < -0.3 is 20.3 Å². The van der Waals surface area contributed by atoms with Gasteiger partial charge in [-0.3, -0.25) is 14.5 Å². The minimum Gasteiger partial charge on any atom is -0.481 e. The van der Waals surface area contributed by atoms with E-state index in [-0.39, 0.29) is 62.7 Å². The summed E-state index contributed by atoms with van der Waals surface area (Å²) >= 11 is 0. The van der Waals surface area contributed by atoms with E-state index in [9.17, 15) is 28.2 Å². The van der Waals surface area contributed by atoms with Crippen LogP contribution in [0.25, 0.3) is 0 Å². The van der Waals surface area contributed by atoms with Crippen molar-refractivity contribution in [1.82, 2.24) is 10.2 Å². The Morgan fingerprint density at radius 2 is 1.56 bits per heavy atom. The van der Waals surface area contributed by atoms with E-state index in [1.54, 1.807) is 0 Å². The third-order valence-electron chi connectivity index (χ3n) is 18.9. The summed E-state index contributed by atoms with van der Waals surface area (Å²) in [5.41, 5.74) is -0.266. The first kappa shape index (κ1) is 40.7. The molecule has 0 aromatic rings. The molecule has 10 heteroatoms. The Balaban J connectivity index is 1.09. The highest BCUT2D eigenvalue weighted by Gasteiger charge is 2.71. The Hall–Kier alpha value is -1.49. The fraction of sp³-hybridized carbons (Fsp3) is 0.909. The van der Waals surface area contributed by atoms with E-state index in [4.69, 9.17) is 4.74 Å². The molecule has 306 valence electrons. The van der Waals surface area contributed by atoms with Crippen molar-refractivity contribution < 1.29 is 33.0 Å². The molecule has 54 heavy (non-hydrogen) atoms. The SMILES string of the molecule is C=C[C@@H]1CC[C@]2(NC[C@H]([C@@H](C)O)N3CCS(=O)(=O)CC3)CC[C@]3(C)[C@H](CC[C@@H]4[C@@]5(C)CC[C@H](OC(=O)[C@H]6C[C@@H](C(=O)O)C6(C)C)C(C)(C)[C@@H]5CC[C@]43C)[C@@H]12. The van der Waals surface area contributed by atoms with E-state index < -0.39 is 33.2 Å². The zero-order valence-corrected chi connectivity index (χ0v) is 35.5. The van der Waals surface area contributed by atoms with E-state index in [2.05, 4.69) is 57.5 Å². The van der Waals surface area contributed by atoms with Crippen LogP contribution in [0, 0.1) is 68.5 Å². The zero-order chi connectivity index (χ0) is 39.4. The number of carboxylic acid groups (broad SMARTS) is 1. The third-order valence-corrected chi connectivity index (χ3v) is 20.5. The zero-order valence-electron chi connectivity index (χ0n) is 34.7. The number of nitrogens with one attached hydrogen (secondary N) is 1. The number of esters is 1. The quantitative estimate of drug-likeness (QED) is 0.172. The van der Waals surface area contributed by atoms with Crippen molar-refractivity contribution >= 4 is 21.8 Å². The smallest absolute Gasteiger partial charge is 0.309 e. The number of sulfone groups is 1. The first-order valence-corrected chi connectivity index (χ1v) is 23.3. The molecule has 0 unspecified atom stereocenters. The Morgan fingerprint density at radius 1 is 0.870 bits per heavy atom. The molecule has 1 saturated heterocycles. The topological polar surface area (TPSA) is 133 Å². The lowest BCUT2D eigenvalue weighted by Gasteiger charge is -2.73. The van der Waals surface area contributed by atoms with Gasteiger partial charge in [0.25, 0.3) is 0 Å². The molecule has 7 aliphatic rings. The fourth-order valence-electron chi connectivity index (χ4n) is 15.3. The molecule has 0 spiro atoms. The molecule has 3 N–H and O–H groups in total. The van der Waals surface area contributed by atoms with Gasteiger partial charge in [0.2, 0.25) is 0 Å². The fourth-order valence-corrected chi connectivity index (χ4v) is 16.6. The van der Waals surface area contributed by atoms with Gasteiger partial charge in [-0.2, -0.15) is 0 Å². The number of ether oxygens (including phenoxy) is 1. The second kappa shape index (κ2) is 13.5. The number of rotatable bonds is 9. The molecule has 0 radical (unpaired) electrons. The van der Waals surface area contributed by atoms with Crippen molar-refractivity contribution in [2.45, 2.75) is 150 Å². The Morgan fingerprint density at radius 3 is 2.17 bits per heavy atom. The molecule has 9 nitrogen and oxygen atoms in total. The highest BCUT2D eigenvalue weighted by Crippen LogP contribution is 2.76. The molecule has 0 aromatic heterocycles. The van der Waals surface area contributed by atoms with Crippen molar-refractivity contribution in [3.63, 3.8) is 0 Å². The highest BCUT2D eigenvalue weighted by atomic mass is 32.2. The Labute approximate surface area is 326 Å². The van der Waals surface area contributed by atoms with Gasteiger partial charge >= 0.3 is 11.9 Å². The summed E-state index contributed by atoms with van der Waals surface area (Å²) in [6, 6.07) is -0.116. The number of carbonyl (C=O) groups is 2. The lowest BCUT2D eigenvalue weighted by molar-refractivity contribution is -0.248. The second-order valence-electron chi connectivity index (χ2n) is 21.5. The third kappa shape index (κ3) is 6.01. The van der Waals surface area contributed by atoms with Crippen LogP contribution in [0.4, 0.5) is 0 Å². The monoisotopic (exact) mass is 773 g/mol. The number of carbonyl (C=O) groups excluding carboxylic acids is 1. The van der Waals surface area contributed by atoms with Crippen LogP contribution in [-0.2, 0) is 24.2 Å². The lowest BCUT2D eigenvalue weighted by Crippen LogP contribution is -2.69. The number of hydrogen-bond acceptors (Lipinski definition) is 8. The summed E-state index contributed by atoms with van der Waals surface area (Å²) in [7, 11) is -3.00. The van der Waals surface area contributed by atoms with Crippen LogP contribution in [0.3, 0.4) is 0 Å². The molecule has 7 fully saturated rings. The van der Waals surface area contributed by atoms with Crippen molar-refractivity contribution in [3.05, 3.63) is 12.7 Å². The second-order valence-corrected chi connectivity index (χ2v) is 23.8. The maximum atomic E-state index is 13.6. The normalized spacial score (nSPS) is 47.4. The Bertz CT molecular complexity index is 1600. The molecule has 0 aromatic carbocycles. The molecule has 0 amide bonds. The van der Waals surface area contributed by atoms with E-state index >= 15 is 0 Å². The summed E-state index contributed by atoms with van der Waals surface area (Å²) in [6.45, 7) is 24.2. The molecule has 6 aliphatic carbocycles. The number of carboxylic acids is 1. The molecular weight excluding hydrogens is 701 g/mol. The summed E-state index contributed by atoms with van der Waals surface area (Å²) in [5, 5.41) is 24.8. The average molecular weight is 773 g/mol. The van der Waals surface area contributed by atoms with Crippen molar-refractivity contribution in [2.75, 3.05) is 31.1 Å². The van der Waals surface area contributed by atoms with Crippen molar-refractivity contribution in [3.8, 4) is 0 Å². The highest BCUT2D eigenvalue weighted by molar-refractivity contribution is 7.91. The number of aliphatic hydroxyl groups is 1. The number of nitrogens with zero attached hydrogens (tertiary/aromatic N) is 1. The van der Waals surface area contributed by atoms with Gasteiger partial charge in [-0.15, -0.1) is 6.58 Å². The molecule has 1 heterocycles. The van der Waals surface area contributed by atoms with Gasteiger partial charge in [-0.05, 0) is 129 Å². The minimum absolute atomic E-state index is 0.00818. The maximum absolute atomic E-state index is 13.6. The Kier molecular flexibility index (Phi) is 10.2. The molecule has 1 aliphatic heterocycles. The number of aliphatic hydroxyl groups excluding tert-OH is 1. The van der Waals surface area contributed by atoms with Gasteiger partial charge in [0.1, 0.15) is 6.10 Å². The lowest BCUT2D eigenvalue weighted by atomic mass is 9.32. The number of aliphatic carboxylic acids is 1. The van der Waals surface area contributed by atoms with Gasteiger partial charge in [0.15, 0.2) is 9.84 Å². The van der Waals surface area contributed by atoms with Crippen LogP contribution in [0.5, 0.6) is 0 Å². The van der Waals surface area contributed by atoms with Crippen LogP contribution in [0.1, 0.15) is 126 Å². The summed E-state index contributed by atoms with van der Waals surface area (Å²) in [4.78, 5) is 27.6. The number of fused-ring (bicyclic) bond motifs is 7. The molecular formula is C44H72N2O7S. The average Bonchev–Trinajstić information content (AvgIpc) is 3.45. The van der Waals surface area contributed by atoms with Crippen LogP contribution in [0.2, 0.25) is 0 Å². The van der Waals surface area contributed by atoms with Crippen molar-refractivity contribution in [1.29, 1.82) is 0 Å². The van der Waals surface area contributed by atoms with Gasteiger partial charge in [0, 0.05) is 36.6 Å². The predicted octanol–water partition coefficient (Wildman–Crippen LogP) is 6.73. The van der Waals surface area contributed by atoms with E-state index in [0.29, 0.717) is 55.6 Å². The van der Waals surface area contributed by atoms with Gasteiger partial charge in [-0.25, -0.2) is 8.42 Å². The summed E-state index contributed by atoms with van der Waals surface area (Å²) in [6.07, 6.45) is 13.1. The maximum Gasteiger partial charge on any atom is 0.309 e. The van der Waals surface area contributed by atoms with E-state index in [1.165, 1.54) is 25.7 Å². The van der Waals surface area contributed by atoms with E-state index in [0.717, 1.165) is 38.5 Å². The minimum atomic E-state index is -3.00. The summed E-state index contributed by atoms with van der Waals surface area (Å²) < 4.78 is 30.9. The van der Waals surface area contributed by atoms with Gasteiger partial charge in [-0.1, -0.05) is 54.5 Å². The largest absolute Gasteiger partial charge is 0.481 e. The number of hydrogen-bond donors (Lipinski definition) is 3. The van der Waals surface area contributed by atoms with Crippen LogP contribution in [-0.4, -0.2) is 90.4 Å². The van der Waals surface area contributed by atoms with Crippen LogP contribution in [0.15, 0.2) is 12.7 Å². The molecule has 7 rings (SSSR count). The number of allylic oxidation sites excluding steroid dienone is 1. The van der Waals surface area contributed by atoms with E-state index in [1.807, 2.05) is 20.8 Å². The molecule has 6 saturated carbocycles. The first-order valence-electron chi connectivity index (χ1n) is 21.5. The van der Waals surface area contributed by atoms with Gasteiger partial charge in [0.05, 0.1) is 29.4 Å². The van der Waals surface area contributed by atoms with Crippen LogP contribution < -0.4 is 5.32 Å². The van der Waals surface area contributed by atoms with Crippen LogP contribution >= 0.6 is 0 Å². The molecule has 0 bridgehead atoms. The summed E-state index contributed by atoms with van der Waals surface area (Å²) in [5.74, 6) is 0.975. The standard InChI is InChI=1S/C44H72N2O7S/c1-10-28-13-18-44(45-26-32(27(2)47)46-21-23-54(51,52)24-22-46)20-19-42(8)29(36(28)44)11-12-34-41(7)16-15-35(40(5,6)33(41)14-17-43(34,42)9)53-38(50)31-25-30(37(48)49)39(31,3)4/h10,27-36,45,47H,1,11-26H2,2-9H3,(H,48,49)/t27-,28-,29-,30+,31-,32-,33+,34-,35+,36-,41+,42-,43-,44+/m1/s1. The first-order chi connectivity index (χ1) is 25.1. The van der Waals surface area contributed by atoms with Crippen molar-refractivity contribution in [2.24, 2.45) is 68.5 Å². The predicted molar refractivity (Wildman–Crippen MR) is 211 cm³/mol. The molecule has 14 atom stereocenters.